The van der Waals surface area contributed by atoms with E-state index in [1.54, 1.807) is 6.07 Å². The summed E-state index contributed by atoms with van der Waals surface area (Å²) in [6.07, 6.45) is -2.77. The van der Waals surface area contributed by atoms with Gasteiger partial charge in [0.2, 0.25) is 0 Å². The summed E-state index contributed by atoms with van der Waals surface area (Å²) in [4.78, 5) is 13.8. The van der Waals surface area contributed by atoms with Crippen LogP contribution in [0.2, 0.25) is 0 Å². The number of esters is 1. The van der Waals surface area contributed by atoms with Crippen LogP contribution in [0, 0.1) is 17.2 Å². The van der Waals surface area contributed by atoms with Gasteiger partial charge in [-0.05, 0) is 31.4 Å². The van der Waals surface area contributed by atoms with Gasteiger partial charge in [0.15, 0.2) is 5.65 Å². The Labute approximate surface area is 152 Å². The number of aromatic nitrogens is 4. The van der Waals surface area contributed by atoms with Gasteiger partial charge in [-0.2, -0.15) is 22.9 Å². The Hall–Kier alpha value is -2.90. The summed E-state index contributed by atoms with van der Waals surface area (Å²) in [7, 11) is 0. The molecule has 1 saturated heterocycles. The zero-order chi connectivity index (χ0) is 19.4. The van der Waals surface area contributed by atoms with E-state index in [0.717, 1.165) is 0 Å². The summed E-state index contributed by atoms with van der Waals surface area (Å²) in [6, 6.07) is 5.00. The predicted molar refractivity (Wildman–Crippen MR) is 86.5 cm³/mol. The number of ether oxygens (including phenoxy) is 1. The number of hydrogen-bond acceptors (Lipinski definition) is 7. The highest BCUT2D eigenvalue weighted by Gasteiger charge is 2.38. The Kier molecular flexibility index (Phi) is 5.43. The molecule has 8 nitrogen and oxygen atoms in total. The van der Waals surface area contributed by atoms with E-state index in [9.17, 15) is 18.0 Å². The van der Waals surface area contributed by atoms with E-state index >= 15 is 0 Å². The summed E-state index contributed by atoms with van der Waals surface area (Å²) < 4.78 is 44.7. The van der Waals surface area contributed by atoms with Crippen LogP contribution in [-0.2, 0) is 15.7 Å². The lowest BCUT2D eigenvalue weighted by Gasteiger charge is -2.31. The second kappa shape index (κ2) is 7.77. The first-order chi connectivity index (χ1) is 12.9. The third-order valence-corrected chi connectivity index (χ3v) is 4.33. The van der Waals surface area contributed by atoms with Crippen LogP contribution >= 0.6 is 0 Å². The van der Waals surface area contributed by atoms with Crippen molar-refractivity contribution >= 4 is 17.4 Å². The number of unbranched alkanes of at least 4 members (excludes halogenated alkanes) is 1. The highest BCUT2D eigenvalue weighted by molar-refractivity contribution is 5.72. The molecular formula is C16H17F3N6O2. The zero-order valence-corrected chi connectivity index (χ0v) is 14.3. The van der Waals surface area contributed by atoms with E-state index in [2.05, 4.69) is 15.3 Å². The number of alkyl halides is 3. The van der Waals surface area contributed by atoms with E-state index in [4.69, 9.17) is 10.00 Å². The van der Waals surface area contributed by atoms with Gasteiger partial charge in [-0.3, -0.25) is 4.79 Å². The van der Waals surface area contributed by atoms with Gasteiger partial charge in [-0.15, -0.1) is 15.3 Å². The number of piperidine rings is 1. The monoisotopic (exact) mass is 382 g/mol. The quantitative estimate of drug-likeness (QED) is 0.578. The van der Waals surface area contributed by atoms with Crippen LogP contribution in [0.15, 0.2) is 12.1 Å². The van der Waals surface area contributed by atoms with Gasteiger partial charge < -0.3 is 9.64 Å². The molecule has 3 rings (SSSR count). The largest absolute Gasteiger partial charge is 0.465 e. The minimum atomic E-state index is -4.65. The van der Waals surface area contributed by atoms with Gasteiger partial charge in [-0.1, -0.05) is 0 Å². The molecule has 0 atom stereocenters. The molecule has 0 N–H and O–H groups in total. The van der Waals surface area contributed by atoms with Crippen molar-refractivity contribution in [3.05, 3.63) is 18.0 Å². The number of carbonyl (C=O) groups excluding carboxylic acids is 1. The SMILES string of the molecule is N#CCCCOC(=O)C1CCN(c2ccc3nnc(C(F)(F)F)n3n2)CC1. The van der Waals surface area contributed by atoms with E-state index in [-0.39, 0.29) is 24.1 Å². The van der Waals surface area contributed by atoms with E-state index in [1.807, 2.05) is 11.0 Å². The summed E-state index contributed by atoms with van der Waals surface area (Å²) in [6.45, 7) is 1.17. The first-order valence-electron chi connectivity index (χ1n) is 8.48. The van der Waals surface area contributed by atoms with Gasteiger partial charge in [-0.25, -0.2) is 0 Å². The van der Waals surface area contributed by atoms with Crippen molar-refractivity contribution in [2.45, 2.75) is 31.9 Å². The van der Waals surface area contributed by atoms with Crippen molar-refractivity contribution < 1.29 is 22.7 Å². The number of nitriles is 1. The van der Waals surface area contributed by atoms with Crippen molar-refractivity contribution in [3.8, 4) is 6.07 Å². The van der Waals surface area contributed by atoms with Gasteiger partial charge in [0.1, 0.15) is 5.82 Å². The van der Waals surface area contributed by atoms with E-state index in [0.29, 0.717) is 49.1 Å². The summed E-state index contributed by atoms with van der Waals surface area (Å²) in [5, 5.41) is 19.1. The molecule has 0 amide bonds. The molecule has 2 aromatic heterocycles. The van der Waals surface area contributed by atoms with Crippen molar-refractivity contribution in [2.75, 3.05) is 24.6 Å². The molecule has 144 valence electrons. The number of carbonyl (C=O) groups is 1. The molecule has 2 aromatic rings. The number of hydrogen-bond donors (Lipinski definition) is 0. The van der Waals surface area contributed by atoms with Crippen LogP contribution in [0.1, 0.15) is 31.5 Å². The Balaban J connectivity index is 1.63. The normalized spacial score (nSPS) is 15.7. The first-order valence-corrected chi connectivity index (χ1v) is 8.48. The molecule has 0 radical (unpaired) electrons. The second-order valence-electron chi connectivity index (χ2n) is 6.17. The summed E-state index contributed by atoms with van der Waals surface area (Å²) in [5.74, 6) is -1.36. The highest BCUT2D eigenvalue weighted by atomic mass is 19.4. The topological polar surface area (TPSA) is 96.4 Å². The standard InChI is InChI=1S/C16H17F3N6O2/c17-16(18,19)15-22-21-12-3-4-13(23-25(12)15)24-8-5-11(6-9-24)14(26)27-10-2-1-7-20/h3-4,11H,1-2,5-6,8-10H2. The third kappa shape index (κ3) is 4.27. The predicted octanol–water partition coefficient (Wildman–Crippen LogP) is 2.21. The summed E-state index contributed by atoms with van der Waals surface area (Å²) in [5.41, 5.74) is 0.0157. The van der Waals surface area contributed by atoms with Crippen LogP contribution in [0.5, 0.6) is 0 Å². The van der Waals surface area contributed by atoms with Crippen molar-refractivity contribution in [1.82, 2.24) is 19.8 Å². The molecule has 0 unspecified atom stereocenters. The van der Waals surface area contributed by atoms with Crippen molar-refractivity contribution in [1.29, 1.82) is 5.26 Å². The minimum absolute atomic E-state index is 0.0157. The average molecular weight is 382 g/mol. The van der Waals surface area contributed by atoms with Crippen molar-refractivity contribution in [3.63, 3.8) is 0 Å². The third-order valence-electron chi connectivity index (χ3n) is 4.33. The Bertz CT molecular complexity index is 852. The number of anilines is 1. The first kappa shape index (κ1) is 18.9. The molecule has 1 aliphatic rings. The zero-order valence-electron chi connectivity index (χ0n) is 14.3. The molecule has 3 heterocycles. The second-order valence-corrected chi connectivity index (χ2v) is 6.17. The lowest BCUT2D eigenvalue weighted by atomic mass is 9.97. The highest BCUT2D eigenvalue weighted by Crippen LogP contribution is 2.28. The maximum absolute atomic E-state index is 13.0. The molecule has 0 aliphatic carbocycles. The fourth-order valence-electron chi connectivity index (χ4n) is 2.91. The molecule has 0 aromatic carbocycles. The lowest BCUT2D eigenvalue weighted by Crippen LogP contribution is -2.37. The molecular weight excluding hydrogens is 365 g/mol. The Morgan fingerprint density at radius 2 is 2.04 bits per heavy atom. The molecule has 0 spiro atoms. The number of fused-ring (bicyclic) bond motifs is 1. The van der Waals surface area contributed by atoms with Crippen LogP contribution in [0.4, 0.5) is 19.0 Å². The fraction of sp³-hybridized carbons (Fsp3) is 0.562. The lowest BCUT2D eigenvalue weighted by molar-refractivity contribution is -0.149. The van der Waals surface area contributed by atoms with Crippen LogP contribution in [-0.4, -0.2) is 45.5 Å². The minimum Gasteiger partial charge on any atom is -0.465 e. The summed E-state index contributed by atoms with van der Waals surface area (Å²) >= 11 is 0. The van der Waals surface area contributed by atoms with Gasteiger partial charge in [0, 0.05) is 19.5 Å². The van der Waals surface area contributed by atoms with E-state index in [1.165, 1.54) is 6.07 Å². The average Bonchev–Trinajstić information content (AvgIpc) is 3.09. The molecule has 1 aliphatic heterocycles. The molecule has 27 heavy (non-hydrogen) atoms. The number of nitrogens with zero attached hydrogens (tertiary/aromatic N) is 6. The van der Waals surface area contributed by atoms with Gasteiger partial charge >= 0.3 is 12.1 Å². The fourth-order valence-corrected chi connectivity index (χ4v) is 2.91. The Morgan fingerprint density at radius 3 is 2.70 bits per heavy atom. The van der Waals surface area contributed by atoms with Crippen LogP contribution < -0.4 is 4.90 Å². The Morgan fingerprint density at radius 1 is 1.30 bits per heavy atom. The van der Waals surface area contributed by atoms with Crippen LogP contribution in [0.25, 0.3) is 5.65 Å². The van der Waals surface area contributed by atoms with Gasteiger partial charge in [0.05, 0.1) is 18.6 Å². The van der Waals surface area contributed by atoms with Crippen molar-refractivity contribution in [2.24, 2.45) is 5.92 Å². The maximum atomic E-state index is 13.0. The molecule has 11 heteroatoms. The maximum Gasteiger partial charge on any atom is 0.453 e. The molecule has 0 bridgehead atoms. The smallest absolute Gasteiger partial charge is 0.453 e. The van der Waals surface area contributed by atoms with E-state index < -0.39 is 12.0 Å². The number of rotatable bonds is 5. The molecule has 0 saturated carbocycles. The van der Waals surface area contributed by atoms with Gasteiger partial charge in [0.25, 0.3) is 5.82 Å². The van der Waals surface area contributed by atoms with Crippen LogP contribution in [0.3, 0.4) is 0 Å². The molecule has 1 fully saturated rings. The number of halogens is 3.